The second-order valence-electron chi connectivity index (χ2n) is 4.98. The minimum Gasteiger partial charge on any atom is -0.466 e. The molecule has 0 atom stereocenters. The molecule has 23 heavy (non-hydrogen) atoms. The van der Waals surface area contributed by atoms with E-state index in [1.54, 1.807) is 17.5 Å². The standard InChI is InChI=1S/C14H18N2O5S2/c1-21-13(18)5-4-12(17)15-11-6-8-16(9-7-11)23(19,20)14-3-2-10-22-14/h2-5,10-11H,6-9H2,1H3,(H,15,17)/b5-4+. The molecule has 0 bridgehead atoms. The lowest BCUT2D eigenvalue weighted by atomic mass is 10.1. The number of hydrogen-bond acceptors (Lipinski definition) is 6. The molecule has 1 saturated heterocycles. The summed E-state index contributed by atoms with van der Waals surface area (Å²) in [5.41, 5.74) is 0. The number of hydrogen-bond donors (Lipinski definition) is 1. The van der Waals surface area contributed by atoms with E-state index in [4.69, 9.17) is 0 Å². The molecule has 1 aliphatic rings. The Balaban J connectivity index is 1.86. The minimum absolute atomic E-state index is 0.111. The molecule has 1 N–H and O–H groups in total. The maximum absolute atomic E-state index is 12.4. The maximum Gasteiger partial charge on any atom is 0.330 e. The molecule has 0 unspecified atom stereocenters. The monoisotopic (exact) mass is 358 g/mol. The quantitative estimate of drug-likeness (QED) is 0.619. The molecule has 1 fully saturated rings. The van der Waals surface area contributed by atoms with Crippen LogP contribution < -0.4 is 5.32 Å². The third-order valence-corrected chi connectivity index (χ3v) is 6.73. The van der Waals surface area contributed by atoms with Crippen LogP contribution in [0.2, 0.25) is 0 Å². The van der Waals surface area contributed by atoms with Gasteiger partial charge in [0.2, 0.25) is 5.91 Å². The molecule has 2 heterocycles. The van der Waals surface area contributed by atoms with E-state index in [0.717, 1.165) is 12.2 Å². The van der Waals surface area contributed by atoms with Gasteiger partial charge in [-0.1, -0.05) is 6.07 Å². The summed E-state index contributed by atoms with van der Waals surface area (Å²) in [4.78, 5) is 22.6. The number of thiophene rings is 1. The lowest BCUT2D eigenvalue weighted by molar-refractivity contribution is -0.135. The number of ether oxygens (including phenoxy) is 1. The van der Waals surface area contributed by atoms with Crippen molar-refractivity contribution >= 4 is 33.2 Å². The van der Waals surface area contributed by atoms with Gasteiger partial charge in [0.05, 0.1) is 7.11 Å². The molecule has 2 rings (SSSR count). The average Bonchev–Trinajstić information content (AvgIpc) is 3.08. The molecule has 1 aromatic rings. The zero-order chi connectivity index (χ0) is 16.9. The fourth-order valence-electron chi connectivity index (χ4n) is 2.24. The highest BCUT2D eigenvalue weighted by molar-refractivity contribution is 7.91. The van der Waals surface area contributed by atoms with Crippen molar-refractivity contribution in [2.45, 2.75) is 23.1 Å². The lowest BCUT2D eigenvalue weighted by Crippen LogP contribution is -2.46. The van der Waals surface area contributed by atoms with E-state index < -0.39 is 21.9 Å². The van der Waals surface area contributed by atoms with E-state index in [9.17, 15) is 18.0 Å². The second-order valence-corrected chi connectivity index (χ2v) is 8.09. The number of nitrogens with one attached hydrogen (secondary N) is 1. The van der Waals surface area contributed by atoms with E-state index in [-0.39, 0.29) is 6.04 Å². The molecule has 0 aliphatic carbocycles. The molecule has 9 heteroatoms. The van der Waals surface area contributed by atoms with Crippen LogP contribution in [0.3, 0.4) is 0 Å². The van der Waals surface area contributed by atoms with Crippen molar-refractivity contribution in [1.29, 1.82) is 0 Å². The van der Waals surface area contributed by atoms with Gasteiger partial charge in [-0.2, -0.15) is 4.31 Å². The number of nitrogens with zero attached hydrogens (tertiary/aromatic N) is 1. The second kappa shape index (κ2) is 7.71. The van der Waals surface area contributed by atoms with Crippen molar-refractivity contribution in [3.8, 4) is 0 Å². The van der Waals surface area contributed by atoms with Gasteiger partial charge in [0.1, 0.15) is 4.21 Å². The summed E-state index contributed by atoms with van der Waals surface area (Å²) in [7, 11) is -2.20. The van der Waals surface area contributed by atoms with Gasteiger partial charge in [0.15, 0.2) is 0 Å². The fourth-order valence-corrected chi connectivity index (χ4v) is 4.85. The van der Waals surface area contributed by atoms with Gasteiger partial charge >= 0.3 is 5.97 Å². The van der Waals surface area contributed by atoms with Gasteiger partial charge in [-0.25, -0.2) is 13.2 Å². The molecule has 0 aromatic carbocycles. The molecule has 7 nitrogen and oxygen atoms in total. The van der Waals surface area contributed by atoms with Gasteiger partial charge in [0, 0.05) is 31.3 Å². The first-order valence-electron chi connectivity index (χ1n) is 7.03. The predicted octanol–water partition coefficient (Wildman–Crippen LogP) is 0.747. The zero-order valence-electron chi connectivity index (χ0n) is 12.6. The molecular weight excluding hydrogens is 340 g/mol. The number of rotatable bonds is 5. The Hall–Kier alpha value is -1.71. The summed E-state index contributed by atoms with van der Waals surface area (Å²) >= 11 is 1.19. The highest BCUT2D eigenvalue weighted by Crippen LogP contribution is 2.24. The van der Waals surface area contributed by atoms with Crippen LogP contribution in [0.5, 0.6) is 0 Å². The molecule has 0 spiro atoms. The van der Waals surface area contributed by atoms with E-state index in [0.29, 0.717) is 30.1 Å². The molecule has 0 radical (unpaired) electrons. The van der Waals surface area contributed by atoms with Crippen molar-refractivity contribution in [2.24, 2.45) is 0 Å². The first-order chi connectivity index (χ1) is 10.9. The number of sulfonamides is 1. The predicted molar refractivity (Wildman–Crippen MR) is 85.4 cm³/mol. The van der Waals surface area contributed by atoms with Crippen LogP contribution in [0.25, 0.3) is 0 Å². The smallest absolute Gasteiger partial charge is 0.330 e. The number of methoxy groups -OCH3 is 1. The summed E-state index contributed by atoms with van der Waals surface area (Å²) in [6, 6.07) is 3.18. The first-order valence-corrected chi connectivity index (χ1v) is 9.35. The highest BCUT2D eigenvalue weighted by Gasteiger charge is 2.30. The summed E-state index contributed by atoms with van der Waals surface area (Å²) < 4.78 is 30.9. The van der Waals surface area contributed by atoms with Gasteiger partial charge in [-0.05, 0) is 24.3 Å². The van der Waals surface area contributed by atoms with Crippen molar-refractivity contribution in [3.63, 3.8) is 0 Å². The van der Waals surface area contributed by atoms with Crippen molar-refractivity contribution < 1.29 is 22.7 Å². The van der Waals surface area contributed by atoms with Crippen LogP contribution in [0, 0.1) is 0 Å². The Labute approximate surface area is 139 Å². The van der Waals surface area contributed by atoms with E-state index in [1.165, 1.54) is 22.8 Å². The van der Waals surface area contributed by atoms with Crippen molar-refractivity contribution in [1.82, 2.24) is 9.62 Å². The summed E-state index contributed by atoms with van der Waals surface area (Å²) in [6.07, 6.45) is 3.22. The van der Waals surface area contributed by atoms with Crippen LogP contribution in [-0.4, -0.2) is 50.8 Å². The summed E-state index contributed by atoms with van der Waals surface area (Å²) in [5.74, 6) is -0.994. The number of carbonyl (C=O) groups is 2. The van der Waals surface area contributed by atoms with E-state index in [1.807, 2.05) is 0 Å². The minimum atomic E-state index is -3.43. The average molecular weight is 358 g/mol. The molecule has 1 aromatic heterocycles. The normalized spacial score (nSPS) is 17.3. The molecule has 1 amide bonds. The SMILES string of the molecule is COC(=O)/C=C/C(=O)NC1CCN(S(=O)(=O)c2cccs2)CC1. The number of piperidine rings is 1. The van der Waals surface area contributed by atoms with Crippen LogP contribution in [-0.2, 0) is 24.3 Å². The van der Waals surface area contributed by atoms with Crippen LogP contribution in [0.4, 0.5) is 0 Å². The van der Waals surface area contributed by atoms with Crippen molar-refractivity contribution in [3.05, 3.63) is 29.7 Å². The Morgan fingerprint density at radius 3 is 2.61 bits per heavy atom. The molecule has 1 aliphatic heterocycles. The van der Waals surface area contributed by atoms with Crippen LogP contribution in [0.1, 0.15) is 12.8 Å². The van der Waals surface area contributed by atoms with Gasteiger partial charge < -0.3 is 10.1 Å². The van der Waals surface area contributed by atoms with E-state index in [2.05, 4.69) is 10.1 Å². The van der Waals surface area contributed by atoms with E-state index >= 15 is 0 Å². The first kappa shape index (κ1) is 17.6. The largest absolute Gasteiger partial charge is 0.466 e. The van der Waals surface area contributed by atoms with Crippen LogP contribution >= 0.6 is 11.3 Å². The van der Waals surface area contributed by atoms with Gasteiger partial charge in [-0.15, -0.1) is 11.3 Å². The molecule has 0 saturated carbocycles. The Morgan fingerprint density at radius 2 is 2.04 bits per heavy atom. The Bertz CT molecular complexity index is 674. The zero-order valence-corrected chi connectivity index (χ0v) is 14.2. The van der Waals surface area contributed by atoms with Crippen LogP contribution in [0.15, 0.2) is 33.9 Å². The Kier molecular flexibility index (Phi) is 5.91. The van der Waals surface area contributed by atoms with Crippen molar-refractivity contribution in [2.75, 3.05) is 20.2 Å². The summed E-state index contributed by atoms with van der Waals surface area (Å²) in [5, 5.41) is 4.48. The van der Waals surface area contributed by atoms with Gasteiger partial charge in [0.25, 0.3) is 10.0 Å². The maximum atomic E-state index is 12.4. The number of carbonyl (C=O) groups excluding carboxylic acids is 2. The van der Waals surface area contributed by atoms with Gasteiger partial charge in [-0.3, -0.25) is 4.79 Å². The number of esters is 1. The molecular formula is C14H18N2O5S2. The number of amides is 1. The summed E-state index contributed by atoms with van der Waals surface area (Å²) in [6.45, 7) is 0.706. The lowest BCUT2D eigenvalue weighted by Gasteiger charge is -2.31. The molecule has 126 valence electrons. The fraction of sp³-hybridized carbons (Fsp3) is 0.429. The topological polar surface area (TPSA) is 92.8 Å². The highest BCUT2D eigenvalue weighted by atomic mass is 32.2. The third-order valence-electron chi connectivity index (χ3n) is 3.46. The third kappa shape index (κ3) is 4.63. The Morgan fingerprint density at radius 1 is 1.35 bits per heavy atom.